The highest BCUT2D eigenvalue weighted by atomic mass is 79.9. The van der Waals surface area contributed by atoms with E-state index >= 15 is 0 Å². The van der Waals surface area contributed by atoms with Crippen molar-refractivity contribution in [1.29, 1.82) is 0 Å². The van der Waals surface area contributed by atoms with Crippen LogP contribution in [0.1, 0.15) is 79.7 Å². The van der Waals surface area contributed by atoms with Crippen LogP contribution in [0.25, 0.3) is 0 Å². The van der Waals surface area contributed by atoms with Crippen molar-refractivity contribution >= 4 is 28.3 Å². The number of benzene rings is 1. The number of carbonyl (C=O) groups excluding carboxylic acids is 2. The van der Waals surface area contributed by atoms with Crippen molar-refractivity contribution in [1.82, 2.24) is 10.2 Å². The van der Waals surface area contributed by atoms with E-state index in [9.17, 15) is 27.2 Å². The summed E-state index contributed by atoms with van der Waals surface area (Å²) in [6, 6.07) is 3.76. The van der Waals surface area contributed by atoms with Crippen LogP contribution in [0, 0.1) is 0 Å². The third-order valence-electron chi connectivity index (χ3n) is 6.38. The molecule has 0 radical (unpaired) electrons. The van der Waals surface area contributed by atoms with E-state index in [-0.39, 0.29) is 25.0 Å². The maximum absolute atomic E-state index is 14.9. The Morgan fingerprint density at radius 1 is 1.18 bits per heavy atom. The van der Waals surface area contributed by atoms with Gasteiger partial charge in [0.25, 0.3) is 0 Å². The van der Waals surface area contributed by atoms with E-state index in [1.165, 1.54) is 43.0 Å². The van der Waals surface area contributed by atoms with Crippen LogP contribution in [0.5, 0.6) is 0 Å². The lowest BCUT2D eigenvalue weighted by Crippen LogP contribution is -2.58. The first-order chi connectivity index (χ1) is 17.2. The monoisotopic (exact) mass is 610 g/mol. The van der Waals surface area contributed by atoms with Gasteiger partial charge in [0.15, 0.2) is 0 Å². The van der Waals surface area contributed by atoms with Crippen LogP contribution in [0.3, 0.4) is 0 Å². The molecule has 0 bridgehead atoms. The van der Waals surface area contributed by atoms with Crippen LogP contribution in [-0.2, 0) is 19.8 Å². The first-order valence-electron chi connectivity index (χ1n) is 12.6. The SMILES string of the molecule is CC(C)(F)C[C@@H](C=O)N[C@@](CCC[C@H]1COC(C)(C)N1C(=O)OC(C)(C)C)(c1ccc(Br)cc1)C(F)(F)F. The number of hydrogen-bond donors (Lipinski definition) is 1. The van der Waals surface area contributed by atoms with Gasteiger partial charge < -0.3 is 14.3 Å². The van der Waals surface area contributed by atoms with Gasteiger partial charge in [0, 0.05) is 10.9 Å². The summed E-state index contributed by atoms with van der Waals surface area (Å²) >= 11 is 3.25. The molecule has 0 unspecified atom stereocenters. The molecule has 216 valence electrons. The van der Waals surface area contributed by atoms with Crippen molar-refractivity contribution in [3.63, 3.8) is 0 Å². The molecule has 1 aromatic rings. The summed E-state index contributed by atoms with van der Waals surface area (Å²) in [4.78, 5) is 26.1. The fourth-order valence-corrected chi connectivity index (χ4v) is 5.04. The van der Waals surface area contributed by atoms with E-state index in [4.69, 9.17) is 9.47 Å². The van der Waals surface area contributed by atoms with Crippen molar-refractivity contribution in [2.75, 3.05) is 6.61 Å². The molecule has 1 aromatic carbocycles. The molecule has 1 aliphatic rings. The predicted octanol–water partition coefficient (Wildman–Crippen LogP) is 7.04. The number of nitrogens with one attached hydrogen (secondary N) is 1. The second-order valence-electron chi connectivity index (χ2n) is 11.9. The quantitative estimate of drug-likeness (QED) is 0.227. The number of ether oxygens (including phenoxy) is 2. The van der Waals surface area contributed by atoms with Crippen molar-refractivity contribution in [3.8, 4) is 0 Å². The highest BCUT2D eigenvalue weighted by Gasteiger charge is 2.57. The molecule has 2 rings (SSSR count). The molecule has 0 spiro atoms. The number of amides is 1. The Kier molecular flexibility index (Phi) is 10.1. The number of hydrogen-bond acceptors (Lipinski definition) is 5. The number of halogens is 5. The molecule has 0 saturated carbocycles. The fraction of sp³-hybridized carbons (Fsp3) is 0.704. The molecule has 1 aliphatic heterocycles. The summed E-state index contributed by atoms with van der Waals surface area (Å²) in [7, 11) is 0. The Labute approximate surface area is 230 Å². The molecule has 1 saturated heterocycles. The molecule has 1 amide bonds. The first kappa shape index (κ1) is 32.5. The molecule has 38 heavy (non-hydrogen) atoms. The zero-order valence-corrected chi connectivity index (χ0v) is 24.6. The minimum atomic E-state index is -4.82. The second-order valence-corrected chi connectivity index (χ2v) is 12.8. The molecule has 0 aliphatic carbocycles. The molecule has 1 N–H and O–H groups in total. The molecule has 0 aromatic heterocycles. The topological polar surface area (TPSA) is 67.9 Å². The maximum atomic E-state index is 14.9. The number of rotatable bonds is 10. The van der Waals surface area contributed by atoms with E-state index < -0.39 is 59.7 Å². The van der Waals surface area contributed by atoms with Crippen molar-refractivity contribution in [2.45, 2.75) is 115 Å². The lowest BCUT2D eigenvalue weighted by molar-refractivity contribution is -0.206. The van der Waals surface area contributed by atoms with Gasteiger partial charge in [-0.2, -0.15) is 13.2 Å². The lowest BCUT2D eigenvalue weighted by Gasteiger charge is -2.40. The highest BCUT2D eigenvalue weighted by molar-refractivity contribution is 9.10. The highest BCUT2D eigenvalue weighted by Crippen LogP contribution is 2.44. The van der Waals surface area contributed by atoms with Gasteiger partial charge in [0.1, 0.15) is 28.8 Å². The molecule has 1 heterocycles. The van der Waals surface area contributed by atoms with Crippen LogP contribution < -0.4 is 5.32 Å². The van der Waals surface area contributed by atoms with Gasteiger partial charge in [0.05, 0.1) is 18.7 Å². The third-order valence-corrected chi connectivity index (χ3v) is 6.90. The van der Waals surface area contributed by atoms with Gasteiger partial charge in [0.2, 0.25) is 0 Å². The van der Waals surface area contributed by atoms with Crippen LogP contribution >= 0.6 is 15.9 Å². The van der Waals surface area contributed by atoms with Crippen LogP contribution in [0.4, 0.5) is 22.4 Å². The van der Waals surface area contributed by atoms with Gasteiger partial charge >= 0.3 is 12.3 Å². The standard InChI is InChI=1S/C27H39BrF4N2O4/c1-23(2,3)38-22(36)34-21(17-37-25(34,6)7)9-8-14-26(27(30,31)32,18-10-12-19(28)13-11-18)33-20(16-35)15-24(4,5)29/h10-13,16,20-21,33H,8-9,14-15,17H2,1-7H3/t20-,21-,26-/m0/s1. The second kappa shape index (κ2) is 11.8. The number of aldehydes is 1. The minimum absolute atomic E-state index is 0.0244. The van der Waals surface area contributed by atoms with E-state index in [0.29, 0.717) is 10.8 Å². The summed E-state index contributed by atoms with van der Waals surface area (Å²) < 4.78 is 71.0. The molecule has 11 heteroatoms. The summed E-state index contributed by atoms with van der Waals surface area (Å²) in [5.74, 6) is 0. The number of nitrogens with zero attached hydrogens (tertiary/aromatic N) is 1. The third kappa shape index (κ3) is 8.39. The summed E-state index contributed by atoms with van der Waals surface area (Å²) in [6.45, 7) is 11.2. The van der Waals surface area contributed by atoms with Crippen molar-refractivity contribution in [2.24, 2.45) is 0 Å². The normalized spacial score (nSPS) is 20.6. The Bertz CT molecular complexity index is 958. The van der Waals surface area contributed by atoms with Gasteiger partial charge in [-0.3, -0.25) is 10.2 Å². The Morgan fingerprint density at radius 2 is 1.76 bits per heavy atom. The molecule has 6 nitrogen and oxygen atoms in total. The Balaban J connectivity index is 2.38. The van der Waals surface area contributed by atoms with Gasteiger partial charge in [-0.05, 0) is 85.4 Å². The average molecular weight is 612 g/mol. The van der Waals surface area contributed by atoms with Crippen LogP contribution in [0.2, 0.25) is 0 Å². The zero-order chi connectivity index (χ0) is 29.2. The Morgan fingerprint density at radius 3 is 2.24 bits per heavy atom. The van der Waals surface area contributed by atoms with E-state index in [2.05, 4.69) is 21.2 Å². The van der Waals surface area contributed by atoms with Gasteiger partial charge in [-0.15, -0.1) is 0 Å². The summed E-state index contributed by atoms with van der Waals surface area (Å²) in [6.07, 6.45) is -5.77. The minimum Gasteiger partial charge on any atom is -0.444 e. The van der Waals surface area contributed by atoms with Crippen molar-refractivity contribution in [3.05, 3.63) is 34.3 Å². The molecular formula is C27H39BrF4N2O4. The molecule has 3 atom stereocenters. The number of carbonyl (C=O) groups is 2. The van der Waals surface area contributed by atoms with Crippen LogP contribution in [-0.4, -0.2) is 59.1 Å². The van der Waals surface area contributed by atoms with E-state index in [1.54, 1.807) is 34.6 Å². The predicted molar refractivity (Wildman–Crippen MR) is 140 cm³/mol. The first-order valence-corrected chi connectivity index (χ1v) is 13.4. The van der Waals surface area contributed by atoms with Crippen LogP contribution in [0.15, 0.2) is 28.7 Å². The van der Waals surface area contributed by atoms with E-state index in [0.717, 1.165) is 0 Å². The van der Waals surface area contributed by atoms with Crippen molar-refractivity contribution < 1.29 is 36.6 Å². The van der Waals surface area contributed by atoms with Gasteiger partial charge in [-0.1, -0.05) is 28.1 Å². The fourth-order valence-electron chi connectivity index (χ4n) is 4.77. The Hall–Kier alpha value is -1.72. The summed E-state index contributed by atoms with van der Waals surface area (Å²) in [5, 5.41) is 2.47. The average Bonchev–Trinajstić information content (AvgIpc) is 3.04. The smallest absolute Gasteiger partial charge is 0.412 e. The molecule has 1 fully saturated rings. The van der Waals surface area contributed by atoms with Gasteiger partial charge in [-0.25, -0.2) is 9.18 Å². The summed E-state index contributed by atoms with van der Waals surface area (Å²) in [5.41, 5.74) is -6.34. The number of alkyl halides is 4. The lowest BCUT2D eigenvalue weighted by atomic mass is 9.82. The largest absolute Gasteiger partial charge is 0.444 e. The maximum Gasteiger partial charge on any atom is 0.412 e. The molecular weight excluding hydrogens is 572 g/mol. The van der Waals surface area contributed by atoms with E-state index in [1.807, 2.05) is 0 Å². The zero-order valence-electron chi connectivity index (χ0n) is 23.0.